The van der Waals surface area contributed by atoms with Gasteiger partial charge in [-0.3, -0.25) is 11.3 Å². The van der Waals surface area contributed by atoms with Gasteiger partial charge in [0.25, 0.3) is 0 Å². The average molecular weight is 253 g/mol. The Hall–Kier alpha value is -0.750. The molecule has 1 unspecified atom stereocenters. The van der Waals surface area contributed by atoms with Crippen LogP contribution in [0.25, 0.3) is 0 Å². The summed E-state index contributed by atoms with van der Waals surface area (Å²) in [6.07, 6.45) is 2.03. The van der Waals surface area contributed by atoms with Crippen molar-refractivity contribution in [2.75, 3.05) is 0 Å². The number of nitrogens with one attached hydrogen (secondary N) is 1. The van der Waals surface area contributed by atoms with Crippen LogP contribution in [0.1, 0.15) is 28.0 Å². The van der Waals surface area contributed by atoms with Crippen LogP contribution in [0.15, 0.2) is 22.9 Å². The van der Waals surface area contributed by atoms with Gasteiger partial charge >= 0.3 is 0 Å². The molecule has 2 heterocycles. The molecule has 16 heavy (non-hydrogen) atoms. The number of rotatable bonds is 5. The lowest BCUT2D eigenvalue weighted by atomic mass is 10.1. The minimum absolute atomic E-state index is 0.159. The zero-order chi connectivity index (χ0) is 11.4. The van der Waals surface area contributed by atoms with Crippen LogP contribution in [-0.4, -0.2) is 4.98 Å². The zero-order valence-electron chi connectivity index (χ0n) is 9.14. The normalized spacial score (nSPS) is 12.9. The zero-order valence-corrected chi connectivity index (χ0v) is 10.8. The van der Waals surface area contributed by atoms with Crippen LogP contribution in [-0.2, 0) is 6.42 Å². The highest BCUT2D eigenvalue weighted by atomic mass is 32.1. The van der Waals surface area contributed by atoms with Gasteiger partial charge in [0.05, 0.1) is 16.7 Å². The van der Waals surface area contributed by atoms with Gasteiger partial charge in [0.15, 0.2) is 0 Å². The third kappa shape index (κ3) is 2.89. The average Bonchev–Trinajstić information content (AvgIpc) is 2.91. The number of nitrogens with two attached hydrogens (primary N) is 1. The molecule has 0 bridgehead atoms. The van der Waals surface area contributed by atoms with Gasteiger partial charge in [0, 0.05) is 10.3 Å². The Balaban J connectivity index is 1.96. The van der Waals surface area contributed by atoms with Crippen molar-refractivity contribution in [1.82, 2.24) is 10.4 Å². The number of hydrazine groups is 1. The summed E-state index contributed by atoms with van der Waals surface area (Å²) in [7, 11) is 0. The van der Waals surface area contributed by atoms with Crippen LogP contribution in [0.4, 0.5) is 0 Å². The molecule has 2 aromatic heterocycles. The van der Waals surface area contributed by atoms with Crippen molar-refractivity contribution in [3.63, 3.8) is 0 Å². The van der Waals surface area contributed by atoms with Crippen molar-refractivity contribution in [2.45, 2.75) is 25.8 Å². The summed E-state index contributed by atoms with van der Waals surface area (Å²) in [5.41, 5.74) is 3.90. The van der Waals surface area contributed by atoms with Crippen LogP contribution in [0.5, 0.6) is 0 Å². The third-order valence-corrected chi connectivity index (χ3v) is 4.18. The van der Waals surface area contributed by atoms with Crippen molar-refractivity contribution in [3.05, 3.63) is 38.5 Å². The number of hydrogen-bond acceptors (Lipinski definition) is 5. The summed E-state index contributed by atoms with van der Waals surface area (Å²) >= 11 is 3.46. The van der Waals surface area contributed by atoms with Crippen molar-refractivity contribution < 1.29 is 0 Å². The third-order valence-electron chi connectivity index (χ3n) is 2.45. The predicted molar refractivity (Wildman–Crippen MR) is 69.6 cm³/mol. The van der Waals surface area contributed by atoms with E-state index in [9.17, 15) is 0 Å². The first-order valence-electron chi connectivity index (χ1n) is 5.20. The Labute approximate surface area is 103 Å². The SMILES string of the molecule is Cc1nc(C(CCc2cccs2)NN)cs1. The Morgan fingerprint density at radius 1 is 1.50 bits per heavy atom. The maximum absolute atomic E-state index is 5.57. The van der Waals surface area contributed by atoms with Crippen molar-refractivity contribution >= 4 is 22.7 Å². The smallest absolute Gasteiger partial charge is 0.0898 e. The maximum atomic E-state index is 5.57. The second-order valence-corrected chi connectivity index (χ2v) is 5.72. The fourth-order valence-electron chi connectivity index (χ4n) is 1.60. The molecule has 0 spiro atoms. The minimum Gasteiger partial charge on any atom is -0.271 e. The van der Waals surface area contributed by atoms with Gasteiger partial charge in [0.2, 0.25) is 0 Å². The lowest BCUT2D eigenvalue weighted by Crippen LogP contribution is -2.28. The molecule has 2 aromatic rings. The van der Waals surface area contributed by atoms with E-state index in [1.54, 1.807) is 22.7 Å². The van der Waals surface area contributed by atoms with Gasteiger partial charge in [-0.05, 0) is 31.2 Å². The molecule has 0 saturated carbocycles. The molecular formula is C11H15N3S2. The van der Waals surface area contributed by atoms with Gasteiger partial charge in [-0.1, -0.05) is 6.07 Å². The van der Waals surface area contributed by atoms with Crippen LogP contribution in [0, 0.1) is 6.92 Å². The first-order chi connectivity index (χ1) is 7.79. The molecule has 0 saturated heterocycles. The van der Waals surface area contributed by atoms with E-state index in [0.717, 1.165) is 23.5 Å². The van der Waals surface area contributed by atoms with Gasteiger partial charge in [-0.15, -0.1) is 22.7 Å². The molecule has 0 aliphatic heterocycles. The maximum Gasteiger partial charge on any atom is 0.0898 e. The van der Waals surface area contributed by atoms with E-state index in [2.05, 4.69) is 33.3 Å². The Morgan fingerprint density at radius 3 is 2.94 bits per heavy atom. The Kier molecular flexibility index (Phi) is 4.06. The molecule has 2 rings (SSSR count). The fraction of sp³-hybridized carbons (Fsp3) is 0.364. The monoisotopic (exact) mass is 253 g/mol. The first kappa shape index (κ1) is 11.7. The van der Waals surface area contributed by atoms with Crippen LogP contribution in [0.3, 0.4) is 0 Å². The summed E-state index contributed by atoms with van der Waals surface area (Å²) in [5, 5.41) is 5.27. The van der Waals surface area contributed by atoms with Gasteiger partial charge < -0.3 is 0 Å². The van der Waals surface area contributed by atoms with Gasteiger partial charge in [-0.2, -0.15) is 0 Å². The Bertz CT molecular complexity index is 422. The number of hydrogen-bond donors (Lipinski definition) is 2. The quantitative estimate of drug-likeness (QED) is 0.636. The van der Waals surface area contributed by atoms with E-state index in [1.807, 2.05) is 6.92 Å². The minimum atomic E-state index is 0.159. The molecule has 0 fully saturated rings. The second-order valence-electron chi connectivity index (χ2n) is 3.63. The molecule has 5 heteroatoms. The molecule has 0 radical (unpaired) electrons. The second kappa shape index (κ2) is 5.54. The molecule has 0 aliphatic rings. The van der Waals surface area contributed by atoms with E-state index >= 15 is 0 Å². The highest BCUT2D eigenvalue weighted by Crippen LogP contribution is 2.21. The van der Waals surface area contributed by atoms with Crippen LogP contribution < -0.4 is 11.3 Å². The summed E-state index contributed by atoms with van der Waals surface area (Å²) in [6.45, 7) is 2.01. The standard InChI is InChI=1S/C11H15N3S2/c1-8-13-11(7-16-8)10(14-12)5-4-9-3-2-6-15-9/h2-3,6-7,10,14H,4-5,12H2,1H3. The number of thiazole rings is 1. The highest BCUT2D eigenvalue weighted by Gasteiger charge is 2.12. The summed E-state index contributed by atoms with van der Waals surface area (Å²) in [6, 6.07) is 4.40. The van der Waals surface area contributed by atoms with E-state index in [1.165, 1.54) is 4.88 Å². The summed E-state index contributed by atoms with van der Waals surface area (Å²) < 4.78 is 0. The summed E-state index contributed by atoms with van der Waals surface area (Å²) in [5.74, 6) is 5.57. The lowest BCUT2D eigenvalue weighted by Gasteiger charge is -2.12. The molecule has 86 valence electrons. The molecule has 3 N–H and O–H groups in total. The fourth-order valence-corrected chi connectivity index (χ4v) is 2.99. The van der Waals surface area contributed by atoms with Crippen molar-refractivity contribution in [1.29, 1.82) is 0 Å². The topological polar surface area (TPSA) is 50.9 Å². The molecule has 0 aromatic carbocycles. The largest absolute Gasteiger partial charge is 0.271 e. The van der Waals surface area contributed by atoms with Crippen molar-refractivity contribution in [3.8, 4) is 0 Å². The highest BCUT2D eigenvalue weighted by molar-refractivity contribution is 7.10. The molecule has 0 aliphatic carbocycles. The molecule has 1 atom stereocenters. The number of aryl methyl sites for hydroxylation is 2. The van der Waals surface area contributed by atoms with E-state index in [4.69, 9.17) is 5.84 Å². The van der Waals surface area contributed by atoms with E-state index in [-0.39, 0.29) is 6.04 Å². The van der Waals surface area contributed by atoms with Crippen LogP contribution >= 0.6 is 22.7 Å². The molecular weight excluding hydrogens is 238 g/mol. The van der Waals surface area contributed by atoms with Gasteiger partial charge in [-0.25, -0.2) is 4.98 Å². The predicted octanol–water partition coefficient (Wildman–Crippen LogP) is 2.65. The number of thiophene rings is 1. The van der Waals surface area contributed by atoms with E-state index < -0.39 is 0 Å². The number of aromatic nitrogens is 1. The van der Waals surface area contributed by atoms with Gasteiger partial charge in [0.1, 0.15) is 0 Å². The lowest BCUT2D eigenvalue weighted by molar-refractivity contribution is 0.508. The molecule has 3 nitrogen and oxygen atoms in total. The van der Waals surface area contributed by atoms with E-state index in [0.29, 0.717) is 0 Å². The Morgan fingerprint density at radius 2 is 2.38 bits per heavy atom. The first-order valence-corrected chi connectivity index (χ1v) is 6.96. The summed E-state index contributed by atoms with van der Waals surface area (Å²) in [4.78, 5) is 5.86. The van der Waals surface area contributed by atoms with Crippen molar-refractivity contribution in [2.24, 2.45) is 5.84 Å². The number of nitrogens with zero attached hydrogens (tertiary/aromatic N) is 1. The molecule has 0 amide bonds. The van der Waals surface area contributed by atoms with Crippen LogP contribution in [0.2, 0.25) is 0 Å².